The fourth-order valence-electron chi connectivity index (χ4n) is 2.74. The average molecular weight is 212 g/mol. The van der Waals surface area contributed by atoms with Crippen molar-refractivity contribution >= 4 is 11.6 Å². The maximum Gasteiger partial charge on any atom is 0.0343 e. The van der Waals surface area contributed by atoms with Crippen molar-refractivity contribution in [3.8, 4) is 0 Å². The largest absolute Gasteiger partial charge is 0.316 e. The Morgan fingerprint density at radius 2 is 2.31 bits per heavy atom. The van der Waals surface area contributed by atoms with E-state index in [-0.39, 0.29) is 0 Å². The van der Waals surface area contributed by atoms with Gasteiger partial charge in [0.25, 0.3) is 0 Å². The van der Waals surface area contributed by atoms with E-state index in [0.29, 0.717) is 0 Å². The summed E-state index contributed by atoms with van der Waals surface area (Å²) in [6.07, 6.45) is 9.30. The molecule has 1 saturated heterocycles. The molecule has 0 saturated carbocycles. The summed E-state index contributed by atoms with van der Waals surface area (Å²) in [7, 11) is 0. The van der Waals surface area contributed by atoms with E-state index in [1.165, 1.54) is 24.1 Å². The van der Waals surface area contributed by atoms with Crippen molar-refractivity contribution in [3.05, 3.63) is 42.2 Å². The van der Waals surface area contributed by atoms with Crippen LogP contribution >= 0.6 is 0 Å². The number of aromatic nitrogens is 1. The average Bonchev–Trinajstić information content (AvgIpc) is 2.89. The number of hydrogen-bond donors (Lipinski definition) is 1. The summed E-state index contributed by atoms with van der Waals surface area (Å²) in [4.78, 5) is 4.27. The predicted octanol–water partition coefficient (Wildman–Crippen LogP) is 2.35. The van der Waals surface area contributed by atoms with Crippen LogP contribution < -0.4 is 5.32 Å². The smallest absolute Gasteiger partial charge is 0.0343 e. The zero-order chi connectivity index (χ0) is 11.0. The molecule has 0 aromatic carbocycles. The van der Waals surface area contributed by atoms with Gasteiger partial charge in [0.2, 0.25) is 0 Å². The molecule has 1 N–H and O–H groups in total. The van der Waals surface area contributed by atoms with Crippen LogP contribution in [0.1, 0.15) is 17.5 Å². The van der Waals surface area contributed by atoms with Crippen LogP contribution in [0.2, 0.25) is 0 Å². The van der Waals surface area contributed by atoms with E-state index in [0.717, 1.165) is 23.9 Å². The Labute approximate surface area is 96.1 Å². The van der Waals surface area contributed by atoms with E-state index >= 15 is 0 Å². The minimum absolute atomic E-state index is 0.738. The molecule has 0 bridgehead atoms. The lowest BCUT2D eigenvalue weighted by molar-refractivity contribution is 0.536. The van der Waals surface area contributed by atoms with Crippen LogP contribution in [0.25, 0.3) is 11.6 Å². The molecule has 0 amide bonds. The van der Waals surface area contributed by atoms with E-state index in [4.69, 9.17) is 0 Å². The quantitative estimate of drug-likeness (QED) is 0.814. The van der Waals surface area contributed by atoms with Crippen LogP contribution in [0, 0.1) is 11.8 Å². The molecule has 2 nitrogen and oxygen atoms in total. The highest BCUT2D eigenvalue weighted by atomic mass is 14.9. The molecule has 2 aliphatic rings. The Bertz CT molecular complexity index is 448. The van der Waals surface area contributed by atoms with Gasteiger partial charge >= 0.3 is 0 Å². The summed E-state index contributed by atoms with van der Waals surface area (Å²) in [5, 5.41) is 3.44. The first-order chi connectivity index (χ1) is 7.86. The van der Waals surface area contributed by atoms with E-state index in [9.17, 15) is 0 Å². The molecular weight excluding hydrogens is 196 g/mol. The van der Waals surface area contributed by atoms with Crippen molar-refractivity contribution < 1.29 is 0 Å². The van der Waals surface area contributed by atoms with Crippen LogP contribution in [0.5, 0.6) is 0 Å². The van der Waals surface area contributed by atoms with Gasteiger partial charge < -0.3 is 5.32 Å². The lowest BCUT2D eigenvalue weighted by atomic mass is 9.98. The SMILES string of the molecule is C=Cc1cncc(C2=C[C@@H]3CNC[C@@H]3C2)c1. The second-order valence-corrected chi connectivity index (χ2v) is 4.69. The summed E-state index contributed by atoms with van der Waals surface area (Å²) in [6, 6.07) is 2.18. The van der Waals surface area contributed by atoms with Gasteiger partial charge in [-0.3, -0.25) is 4.98 Å². The number of nitrogens with one attached hydrogen (secondary N) is 1. The standard InChI is InChI=1S/C14H16N2/c1-2-10-3-12(7-15-6-10)11-4-13-8-16-9-14(13)5-11/h2-4,6-7,13-14,16H,1,5,8-9H2/t13-,14+/m1/s1. The lowest BCUT2D eigenvalue weighted by Crippen LogP contribution is -2.09. The predicted molar refractivity (Wildman–Crippen MR) is 66.8 cm³/mol. The van der Waals surface area contributed by atoms with E-state index in [1.54, 1.807) is 0 Å². The third-order valence-corrected chi connectivity index (χ3v) is 3.66. The molecule has 0 radical (unpaired) electrons. The molecule has 2 atom stereocenters. The summed E-state index contributed by atoms with van der Waals surface area (Å²) >= 11 is 0. The Hall–Kier alpha value is -1.41. The second-order valence-electron chi connectivity index (χ2n) is 4.69. The molecule has 3 rings (SSSR count). The van der Waals surface area contributed by atoms with Gasteiger partial charge in [0.05, 0.1) is 0 Å². The lowest BCUT2D eigenvalue weighted by Gasteiger charge is -2.06. The van der Waals surface area contributed by atoms with Crippen molar-refractivity contribution in [2.75, 3.05) is 13.1 Å². The molecule has 1 fully saturated rings. The van der Waals surface area contributed by atoms with Crippen LogP contribution in [0.4, 0.5) is 0 Å². The zero-order valence-corrected chi connectivity index (χ0v) is 9.32. The van der Waals surface area contributed by atoms with Crippen LogP contribution in [0.3, 0.4) is 0 Å². The number of nitrogens with zero attached hydrogens (tertiary/aromatic N) is 1. The van der Waals surface area contributed by atoms with Gasteiger partial charge in [-0.1, -0.05) is 18.7 Å². The van der Waals surface area contributed by atoms with E-state index < -0.39 is 0 Å². The van der Waals surface area contributed by atoms with Crippen LogP contribution in [-0.4, -0.2) is 18.1 Å². The molecule has 0 unspecified atom stereocenters. The number of hydrogen-bond acceptors (Lipinski definition) is 2. The minimum atomic E-state index is 0.738. The molecule has 2 heteroatoms. The van der Waals surface area contributed by atoms with Gasteiger partial charge in [0.15, 0.2) is 0 Å². The molecule has 1 aliphatic heterocycles. The van der Waals surface area contributed by atoms with Crippen molar-refractivity contribution in [2.24, 2.45) is 11.8 Å². The third kappa shape index (κ3) is 1.59. The molecule has 2 heterocycles. The highest BCUT2D eigenvalue weighted by Crippen LogP contribution is 2.38. The van der Waals surface area contributed by atoms with E-state index in [2.05, 4.69) is 29.0 Å². The van der Waals surface area contributed by atoms with E-state index in [1.807, 2.05) is 18.5 Å². The number of fused-ring (bicyclic) bond motifs is 1. The van der Waals surface area contributed by atoms with Crippen molar-refractivity contribution in [2.45, 2.75) is 6.42 Å². The first-order valence-corrected chi connectivity index (χ1v) is 5.86. The number of allylic oxidation sites excluding steroid dienone is 1. The van der Waals surface area contributed by atoms with Gasteiger partial charge in [0, 0.05) is 18.9 Å². The second kappa shape index (κ2) is 3.87. The van der Waals surface area contributed by atoms with Crippen LogP contribution in [-0.2, 0) is 0 Å². The Morgan fingerprint density at radius 1 is 1.38 bits per heavy atom. The molecular formula is C14H16N2. The van der Waals surface area contributed by atoms with Gasteiger partial charge in [-0.15, -0.1) is 0 Å². The monoisotopic (exact) mass is 212 g/mol. The maximum absolute atomic E-state index is 4.27. The van der Waals surface area contributed by atoms with Crippen molar-refractivity contribution in [1.82, 2.24) is 10.3 Å². The third-order valence-electron chi connectivity index (χ3n) is 3.66. The fraction of sp³-hybridized carbons (Fsp3) is 0.357. The zero-order valence-electron chi connectivity index (χ0n) is 9.32. The summed E-state index contributed by atoms with van der Waals surface area (Å²) in [5.74, 6) is 1.55. The van der Waals surface area contributed by atoms with Gasteiger partial charge in [-0.05, 0) is 47.6 Å². The summed E-state index contributed by atoms with van der Waals surface area (Å²) < 4.78 is 0. The Kier molecular flexibility index (Phi) is 2.37. The highest BCUT2D eigenvalue weighted by Gasteiger charge is 2.31. The van der Waals surface area contributed by atoms with Crippen molar-refractivity contribution in [1.29, 1.82) is 0 Å². The molecule has 16 heavy (non-hydrogen) atoms. The van der Waals surface area contributed by atoms with Gasteiger partial charge in [0.1, 0.15) is 0 Å². The maximum atomic E-state index is 4.27. The molecule has 1 aliphatic carbocycles. The molecule has 1 aromatic rings. The molecule has 1 aromatic heterocycles. The van der Waals surface area contributed by atoms with Gasteiger partial charge in [-0.25, -0.2) is 0 Å². The normalized spacial score (nSPS) is 27.6. The summed E-state index contributed by atoms with van der Waals surface area (Å²) in [5.41, 5.74) is 3.84. The Balaban J connectivity index is 1.90. The highest BCUT2D eigenvalue weighted by molar-refractivity contribution is 5.69. The first-order valence-electron chi connectivity index (χ1n) is 5.86. The number of rotatable bonds is 2. The molecule has 82 valence electrons. The number of pyridine rings is 1. The topological polar surface area (TPSA) is 24.9 Å². The van der Waals surface area contributed by atoms with Crippen LogP contribution in [0.15, 0.2) is 31.1 Å². The minimum Gasteiger partial charge on any atom is -0.316 e. The molecule has 0 spiro atoms. The fourth-order valence-corrected chi connectivity index (χ4v) is 2.74. The van der Waals surface area contributed by atoms with Gasteiger partial charge in [-0.2, -0.15) is 0 Å². The van der Waals surface area contributed by atoms with Crippen molar-refractivity contribution in [3.63, 3.8) is 0 Å². The Morgan fingerprint density at radius 3 is 3.12 bits per heavy atom. The summed E-state index contributed by atoms with van der Waals surface area (Å²) in [6.45, 7) is 6.09. The first kappa shape index (κ1) is 9.79.